The summed E-state index contributed by atoms with van der Waals surface area (Å²) in [5, 5.41) is 0. The molecule has 0 saturated carbocycles. The molecule has 0 radical (unpaired) electrons. The first-order valence-electron chi connectivity index (χ1n) is 9.06. The van der Waals surface area contributed by atoms with E-state index in [-0.39, 0.29) is 5.82 Å². The molecule has 0 amide bonds. The van der Waals surface area contributed by atoms with Crippen LogP contribution in [-0.2, 0) is 9.57 Å². The highest BCUT2D eigenvalue weighted by molar-refractivity contribution is 5.59. The van der Waals surface area contributed by atoms with Crippen molar-refractivity contribution in [3.05, 3.63) is 52.5 Å². The van der Waals surface area contributed by atoms with Gasteiger partial charge in [-0.2, -0.15) is 0 Å². The van der Waals surface area contributed by atoms with Crippen molar-refractivity contribution in [3.8, 4) is 0 Å². The Hall–Kier alpha value is -1.69. The minimum Gasteiger partial charge on any atom is -0.379 e. The third-order valence-corrected chi connectivity index (χ3v) is 4.74. The van der Waals surface area contributed by atoms with Crippen molar-refractivity contribution in [2.45, 2.75) is 26.2 Å². The molecule has 1 fully saturated rings. The zero-order valence-electron chi connectivity index (χ0n) is 14.9. The van der Waals surface area contributed by atoms with Crippen molar-refractivity contribution in [1.82, 2.24) is 10.4 Å². The summed E-state index contributed by atoms with van der Waals surface area (Å²) in [5.74, 6) is -0.206. The Kier molecular flexibility index (Phi) is 6.62. The maximum atomic E-state index is 13.1. The van der Waals surface area contributed by atoms with Crippen molar-refractivity contribution >= 4 is 6.08 Å². The number of hydrogen-bond donors (Lipinski definition) is 1. The smallest absolute Gasteiger partial charge is 0.123 e. The van der Waals surface area contributed by atoms with Crippen molar-refractivity contribution in [2.75, 3.05) is 39.5 Å². The van der Waals surface area contributed by atoms with Gasteiger partial charge in [0.25, 0.3) is 0 Å². The van der Waals surface area contributed by atoms with Gasteiger partial charge in [-0.25, -0.2) is 4.39 Å². The lowest BCUT2D eigenvalue weighted by molar-refractivity contribution is 0.00388. The summed E-state index contributed by atoms with van der Waals surface area (Å²) in [6, 6.07) is 6.61. The predicted molar refractivity (Wildman–Crippen MR) is 97.3 cm³/mol. The average molecular weight is 346 g/mol. The standard InChI is InChI=1S/C20H27FN2O2/c1-16-3-2-4-18(15-17-5-7-19(21)8-6-17)20(16)22-25-14-11-23-9-12-24-13-10-23/h5-8,15,22H,2-4,9-14H2,1H3. The molecule has 1 aliphatic heterocycles. The number of nitrogens with zero attached hydrogens (tertiary/aromatic N) is 1. The Bertz CT molecular complexity index is 619. The van der Waals surface area contributed by atoms with E-state index < -0.39 is 0 Å². The SMILES string of the molecule is CC1=C(NOCCN2CCOCC2)C(=Cc2ccc(F)cc2)CCC1. The number of rotatable bonds is 6. The van der Waals surface area contributed by atoms with E-state index in [1.807, 2.05) is 12.1 Å². The van der Waals surface area contributed by atoms with Crippen LogP contribution >= 0.6 is 0 Å². The minimum atomic E-state index is -0.206. The zero-order chi connectivity index (χ0) is 17.5. The van der Waals surface area contributed by atoms with Crippen LogP contribution in [0.25, 0.3) is 6.08 Å². The molecule has 0 bridgehead atoms. The molecule has 5 heteroatoms. The summed E-state index contributed by atoms with van der Waals surface area (Å²) < 4.78 is 18.4. The lowest BCUT2D eigenvalue weighted by Crippen LogP contribution is -2.39. The second kappa shape index (κ2) is 9.13. The molecule has 0 atom stereocenters. The first-order chi connectivity index (χ1) is 12.2. The quantitative estimate of drug-likeness (QED) is 0.631. The third-order valence-electron chi connectivity index (χ3n) is 4.74. The Labute approximate surface area is 149 Å². The van der Waals surface area contributed by atoms with Crippen LogP contribution in [-0.4, -0.2) is 44.4 Å². The molecule has 4 nitrogen and oxygen atoms in total. The van der Waals surface area contributed by atoms with E-state index >= 15 is 0 Å². The summed E-state index contributed by atoms with van der Waals surface area (Å²) in [6.07, 6.45) is 5.34. The van der Waals surface area contributed by atoms with Crippen LogP contribution in [0.1, 0.15) is 31.7 Å². The van der Waals surface area contributed by atoms with Gasteiger partial charge in [-0.1, -0.05) is 12.1 Å². The second-order valence-electron chi connectivity index (χ2n) is 6.63. The molecule has 3 rings (SSSR count). The number of benzene rings is 1. The molecule has 1 aromatic rings. The molecule has 0 unspecified atom stereocenters. The van der Waals surface area contributed by atoms with Crippen molar-refractivity contribution in [2.24, 2.45) is 0 Å². The Morgan fingerprint density at radius 1 is 1.20 bits per heavy atom. The van der Waals surface area contributed by atoms with Gasteiger partial charge in [-0.05, 0) is 61.1 Å². The zero-order valence-corrected chi connectivity index (χ0v) is 14.9. The van der Waals surface area contributed by atoms with Gasteiger partial charge in [0, 0.05) is 19.6 Å². The number of allylic oxidation sites excluding steroid dienone is 2. The third kappa shape index (κ3) is 5.39. The summed E-state index contributed by atoms with van der Waals surface area (Å²) in [6.45, 7) is 7.25. The fourth-order valence-electron chi connectivity index (χ4n) is 3.25. The van der Waals surface area contributed by atoms with Crippen LogP contribution in [0.15, 0.2) is 41.1 Å². The Morgan fingerprint density at radius 3 is 2.72 bits per heavy atom. The summed E-state index contributed by atoms with van der Waals surface area (Å²) in [5.41, 5.74) is 7.80. The first-order valence-corrected chi connectivity index (χ1v) is 9.06. The molecule has 25 heavy (non-hydrogen) atoms. The van der Waals surface area contributed by atoms with Crippen LogP contribution in [0.3, 0.4) is 0 Å². The van der Waals surface area contributed by atoms with E-state index in [0.717, 1.165) is 63.4 Å². The van der Waals surface area contributed by atoms with E-state index in [9.17, 15) is 4.39 Å². The molecule has 1 saturated heterocycles. The highest BCUT2D eigenvalue weighted by Gasteiger charge is 2.16. The second-order valence-corrected chi connectivity index (χ2v) is 6.63. The van der Waals surface area contributed by atoms with Crippen molar-refractivity contribution < 1.29 is 14.0 Å². The van der Waals surface area contributed by atoms with Gasteiger partial charge < -0.3 is 4.74 Å². The minimum absolute atomic E-state index is 0.206. The Morgan fingerprint density at radius 2 is 1.96 bits per heavy atom. The number of halogens is 1. The molecular weight excluding hydrogens is 319 g/mol. The summed E-state index contributed by atoms with van der Waals surface area (Å²) in [7, 11) is 0. The number of hydroxylamine groups is 1. The summed E-state index contributed by atoms with van der Waals surface area (Å²) in [4.78, 5) is 8.09. The number of morpholine rings is 1. The molecule has 1 aromatic carbocycles. The largest absolute Gasteiger partial charge is 0.379 e. The molecule has 1 aliphatic carbocycles. The Balaban J connectivity index is 1.57. The van der Waals surface area contributed by atoms with Gasteiger partial charge in [0.1, 0.15) is 5.82 Å². The van der Waals surface area contributed by atoms with Gasteiger partial charge in [-0.15, -0.1) is 0 Å². The lowest BCUT2D eigenvalue weighted by atomic mass is 9.91. The van der Waals surface area contributed by atoms with E-state index in [1.165, 1.54) is 23.3 Å². The van der Waals surface area contributed by atoms with Gasteiger partial charge in [0.15, 0.2) is 0 Å². The van der Waals surface area contributed by atoms with E-state index in [0.29, 0.717) is 6.61 Å². The molecule has 1 N–H and O–H groups in total. The number of ether oxygens (including phenoxy) is 1. The van der Waals surface area contributed by atoms with Crippen molar-refractivity contribution in [3.63, 3.8) is 0 Å². The highest BCUT2D eigenvalue weighted by Crippen LogP contribution is 2.29. The van der Waals surface area contributed by atoms with E-state index in [4.69, 9.17) is 9.57 Å². The number of nitrogens with one attached hydrogen (secondary N) is 1. The van der Waals surface area contributed by atoms with Gasteiger partial charge in [-0.3, -0.25) is 15.2 Å². The fraction of sp³-hybridized carbons (Fsp3) is 0.500. The molecule has 1 heterocycles. The van der Waals surface area contributed by atoms with E-state index in [1.54, 1.807) is 0 Å². The van der Waals surface area contributed by atoms with E-state index in [2.05, 4.69) is 23.4 Å². The van der Waals surface area contributed by atoms with Crippen LogP contribution in [0.2, 0.25) is 0 Å². The highest BCUT2D eigenvalue weighted by atomic mass is 19.1. The van der Waals surface area contributed by atoms with Crippen LogP contribution in [0.4, 0.5) is 4.39 Å². The fourth-order valence-corrected chi connectivity index (χ4v) is 3.25. The maximum Gasteiger partial charge on any atom is 0.123 e. The molecule has 136 valence electrons. The van der Waals surface area contributed by atoms with Gasteiger partial charge in [0.05, 0.1) is 25.5 Å². The molecule has 0 aromatic heterocycles. The molecular formula is C20H27FN2O2. The maximum absolute atomic E-state index is 13.1. The summed E-state index contributed by atoms with van der Waals surface area (Å²) >= 11 is 0. The first kappa shape index (κ1) is 18.1. The average Bonchev–Trinajstić information content (AvgIpc) is 2.63. The normalized spacial score (nSPS) is 21.0. The van der Waals surface area contributed by atoms with Crippen LogP contribution in [0, 0.1) is 5.82 Å². The van der Waals surface area contributed by atoms with Crippen LogP contribution < -0.4 is 5.48 Å². The van der Waals surface area contributed by atoms with Crippen LogP contribution in [0.5, 0.6) is 0 Å². The van der Waals surface area contributed by atoms with Crippen molar-refractivity contribution in [1.29, 1.82) is 0 Å². The van der Waals surface area contributed by atoms with Gasteiger partial charge in [0.2, 0.25) is 0 Å². The predicted octanol–water partition coefficient (Wildman–Crippen LogP) is 3.52. The number of hydrogen-bond acceptors (Lipinski definition) is 4. The molecule has 2 aliphatic rings. The lowest BCUT2D eigenvalue weighted by Gasteiger charge is -2.27. The van der Waals surface area contributed by atoms with Gasteiger partial charge >= 0.3 is 0 Å². The monoisotopic (exact) mass is 346 g/mol. The topological polar surface area (TPSA) is 33.7 Å². The molecule has 0 spiro atoms.